The highest BCUT2D eigenvalue weighted by Crippen LogP contribution is 2.29. The molecular weight excluding hydrogens is 268 g/mol. The van der Waals surface area contributed by atoms with Gasteiger partial charge in [0.15, 0.2) is 0 Å². The number of fused-ring (bicyclic) bond motifs is 1. The van der Waals surface area contributed by atoms with Crippen LogP contribution >= 0.6 is 11.8 Å². The maximum atomic E-state index is 4.56. The van der Waals surface area contributed by atoms with Gasteiger partial charge in [0.25, 0.3) is 0 Å². The SMILES string of the molecule is CCc1nc(NC)cc(Sc2cc3ccccc3[nH]2)n1. The van der Waals surface area contributed by atoms with E-state index in [2.05, 4.69) is 45.4 Å². The zero-order chi connectivity index (χ0) is 13.9. The number of H-pyrrole nitrogens is 1. The van der Waals surface area contributed by atoms with Crippen LogP contribution < -0.4 is 5.32 Å². The number of aromatic nitrogens is 3. The smallest absolute Gasteiger partial charge is 0.131 e. The number of rotatable bonds is 4. The van der Waals surface area contributed by atoms with Crippen molar-refractivity contribution in [2.75, 3.05) is 12.4 Å². The molecule has 0 bridgehead atoms. The fourth-order valence-electron chi connectivity index (χ4n) is 2.03. The number of benzene rings is 1. The molecule has 0 aliphatic rings. The first kappa shape index (κ1) is 13.0. The molecule has 0 atom stereocenters. The molecule has 0 amide bonds. The molecule has 4 nitrogen and oxygen atoms in total. The summed E-state index contributed by atoms with van der Waals surface area (Å²) in [6, 6.07) is 12.4. The predicted molar refractivity (Wildman–Crippen MR) is 83.4 cm³/mol. The number of aryl methyl sites for hydroxylation is 1. The lowest BCUT2D eigenvalue weighted by molar-refractivity contribution is 0.890. The second-order valence-electron chi connectivity index (χ2n) is 4.43. The molecule has 0 saturated carbocycles. The lowest BCUT2D eigenvalue weighted by atomic mass is 10.3. The van der Waals surface area contributed by atoms with E-state index in [0.717, 1.165) is 33.6 Å². The van der Waals surface area contributed by atoms with Crippen LogP contribution in [-0.4, -0.2) is 22.0 Å². The van der Waals surface area contributed by atoms with Gasteiger partial charge < -0.3 is 10.3 Å². The molecule has 0 unspecified atom stereocenters. The Bertz CT molecular complexity index is 680. The summed E-state index contributed by atoms with van der Waals surface area (Å²) in [7, 11) is 1.87. The number of nitrogens with one attached hydrogen (secondary N) is 2. The van der Waals surface area contributed by atoms with E-state index in [-0.39, 0.29) is 0 Å². The van der Waals surface area contributed by atoms with E-state index in [1.54, 1.807) is 11.8 Å². The molecule has 3 aromatic rings. The molecule has 5 heteroatoms. The lowest BCUT2D eigenvalue weighted by Crippen LogP contribution is -2.00. The Morgan fingerprint density at radius 1 is 1.20 bits per heavy atom. The molecule has 0 saturated heterocycles. The van der Waals surface area contributed by atoms with Gasteiger partial charge in [-0.25, -0.2) is 9.97 Å². The average Bonchev–Trinajstić information content (AvgIpc) is 2.88. The minimum absolute atomic E-state index is 0.829. The fraction of sp³-hybridized carbons (Fsp3) is 0.200. The van der Waals surface area contributed by atoms with E-state index in [1.165, 1.54) is 5.39 Å². The molecule has 1 aromatic carbocycles. The van der Waals surface area contributed by atoms with Crippen molar-refractivity contribution in [3.05, 3.63) is 42.2 Å². The second-order valence-corrected chi connectivity index (χ2v) is 5.50. The Labute approximate surface area is 122 Å². The summed E-state index contributed by atoms with van der Waals surface area (Å²) in [5, 5.41) is 6.34. The molecule has 2 heterocycles. The van der Waals surface area contributed by atoms with E-state index in [1.807, 2.05) is 25.2 Å². The largest absolute Gasteiger partial charge is 0.373 e. The second kappa shape index (κ2) is 5.54. The van der Waals surface area contributed by atoms with E-state index in [9.17, 15) is 0 Å². The number of nitrogens with zero attached hydrogens (tertiary/aromatic N) is 2. The molecule has 2 aromatic heterocycles. The molecule has 3 rings (SSSR count). The van der Waals surface area contributed by atoms with Crippen LogP contribution in [0, 0.1) is 0 Å². The number of hydrogen-bond donors (Lipinski definition) is 2. The third-order valence-electron chi connectivity index (χ3n) is 3.04. The number of para-hydroxylation sites is 1. The topological polar surface area (TPSA) is 53.6 Å². The Balaban J connectivity index is 1.93. The van der Waals surface area contributed by atoms with Crippen LogP contribution in [-0.2, 0) is 6.42 Å². The number of aromatic amines is 1. The summed E-state index contributed by atoms with van der Waals surface area (Å²) in [6.45, 7) is 2.06. The van der Waals surface area contributed by atoms with Crippen LogP contribution in [0.25, 0.3) is 10.9 Å². The molecule has 0 spiro atoms. The van der Waals surface area contributed by atoms with Gasteiger partial charge in [-0.2, -0.15) is 0 Å². The first-order chi connectivity index (χ1) is 9.78. The van der Waals surface area contributed by atoms with Crippen molar-refractivity contribution in [3.63, 3.8) is 0 Å². The Morgan fingerprint density at radius 2 is 2.05 bits per heavy atom. The van der Waals surface area contributed by atoms with Crippen molar-refractivity contribution < 1.29 is 0 Å². The van der Waals surface area contributed by atoms with Crippen molar-refractivity contribution in [3.8, 4) is 0 Å². The number of hydrogen-bond acceptors (Lipinski definition) is 4. The van der Waals surface area contributed by atoms with Crippen molar-refractivity contribution >= 4 is 28.5 Å². The zero-order valence-electron chi connectivity index (χ0n) is 11.5. The first-order valence-corrected chi connectivity index (χ1v) is 7.41. The van der Waals surface area contributed by atoms with Crippen molar-refractivity contribution in [2.24, 2.45) is 0 Å². The van der Waals surface area contributed by atoms with Crippen LogP contribution in [0.5, 0.6) is 0 Å². The van der Waals surface area contributed by atoms with Gasteiger partial charge in [-0.05, 0) is 12.1 Å². The molecule has 20 heavy (non-hydrogen) atoms. The quantitative estimate of drug-likeness (QED) is 0.717. The molecular formula is C15H16N4S. The highest BCUT2D eigenvalue weighted by Gasteiger charge is 2.07. The fourth-order valence-corrected chi connectivity index (χ4v) is 2.92. The predicted octanol–water partition coefficient (Wildman–Crippen LogP) is 3.71. The molecule has 0 aliphatic heterocycles. The van der Waals surface area contributed by atoms with Gasteiger partial charge in [-0.3, -0.25) is 0 Å². The van der Waals surface area contributed by atoms with Crippen LogP contribution in [0.1, 0.15) is 12.7 Å². The van der Waals surface area contributed by atoms with Gasteiger partial charge in [-0.15, -0.1) is 0 Å². The Hall–Kier alpha value is -2.01. The van der Waals surface area contributed by atoms with E-state index >= 15 is 0 Å². The first-order valence-electron chi connectivity index (χ1n) is 6.60. The van der Waals surface area contributed by atoms with Crippen LogP contribution in [0.3, 0.4) is 0 Å². The lowest BCUT2D eigenvalue weighted by Gasteiger charge is -2.05. The molecule has 0 radical (unpaired) electrons. The summed E-state index contributed by atoms with van der Waals surface area (Å²) >= 11 is 1.63. The Morgan fingerprint density at radius 3 is 2.80 bits per heavy atom. The third-order valence-corrected chi connectivity index (χ3v) is 3.90. The summed E-state index contributed by atoms with van der Waals surface area (Å²) in [5.41, 5.74) is 1.15. The standard InChI is InChI=1S/C15H16N4S/c1-3-12-18-13(16-2)9-15(19-12)20-14-8-10-6-4-5-7-11(10)17-14/h4-9,17H,3H2,1-2H3,(H,16,18,19). The van der Waals surface area contributed by atoms with Crippen LogP contribution in [0.4, 0.5) is 5.82 Å². The monoisotopic (exact) mass is 284 g/mol. The minimum Gasteiger partial charge on any atom is -0.373 e. The van der Waals surface area contributed by atoms with Crippen molar-refractivity contribution in [1.82, 2.24) is 15.0 Å². The van der Waals surface area contributed by atoms with Gasteiger partial charge >= 0.3 is 0 Å². The summed E-state index contributed by atoms with van der Waals surface area (Å²) < 4.78 is 0. The number of anilines is 1. The van der Waals surface area contributed by atoms with E-state index in [0.29, 0.717) is 0 Å². The van der Waals surface area contributed by atoms with E-state index in [4.69, 9.17) is 0 Å². The average molecular weight is 284 g/mol. The van der Waals surface area contributed by atoms with E-state index < -0.39 is 0 Å². The molecule has 102 valence electrons. The summed E-state index contributed by atoms with van der Waals surface area (Å²) in [5.74, 6) is 1.71. The maximum Gasteiger partial charge on any atom is 0.131 e. The molecule has 0 aliphatic carbocycles. The summed E-state index contributed by atoms with van der Waals surface area (Å²) in [6.07, 6.45) is 0.829. The highest BCUT2D eigenvalue weighted by molar-refractivity contribution is 7.99. The van der Waals surface area contributed by atoms with Crippen LogP contribution in [0.15, 0.2) is 46.5 Å². The zero-order valence-corrected chi connectivity index (χ0v) is 12.3. The van der Waals surface area contributed by atoms with Crippen LogP contribution in [0.2, 0.25) is 0 Å². The minimum atomic E-state index is 0.829. The van der Waals surface area contributed by atoms with Crippen molar-refractivity contribution in [2.45, 2.75) is 23.4 Å². The van der Waals surface area contributed by atoms with Gasteiger partial charge in [0, 0.05) is 30.4 Å². The van der Waals surface area contributed by atoms with Crippen molar-refractivity contribution in [1.29, 1.82) is 0 Å². The maximum absolute atomic E-state index is 4.56. The Kier molecular flexibility index (Phi) is 3.60. The third kappa shape index (κ3) is 2.63. The van der Waals surface area contributed by atoms with Gasteiger partial charge in [0.05, 0.1) is 5.03 Å². The highest BCUT2D eigenvalue weighted by atomic mass is 32.2. The molecule has 0 fully saturated rings. The van der Waals surface area contributed by atoms with Gasteiger partial charge in [-0.1, -0.05) is 36.9 Å². The van der Waals surface area contributed by atoms with Gasteiger partial charge in [0.1, 0.15) is 16.7 Å². The molecule has 2 N–H and O–H groups in total. The van der Waals surface area contributed by atoms with Gasteiger partial charge in [0.2, 0.25) is 0 Å². The normalized spacial score (nSPS) is 10.9. The summed E-state index contributed by atoms with van der Waals surface area (Å²) in [4.78, 5) is 12.4.